The third kappa shape index (κ3) is 3.88. The van der Waals surface area contributed by atoms with Crippen LogP contribution in [0.1, 0.15) is 42.5 Å². The van der Waals surface area contributed by atoms with Crippen molar-refractivity contribution >= 4 is 5.82 Å². The van der Waals surface area contributed by atoms with E-state index in [1.807, 2.05) is 19.9 Å². The third-order valence-corrected chi connectivity index (χ3v) is 5.45. The summed E-state index contributed by atoms with van der Waals surface area (Å²) in [6.45, 7) is 8.66. The van der Waals surface area contributed by atoms with Gasteiger partial charge in [0.05, 0.1) is 5.56 Å². The Hall–Kier alpha value is -1.64. The Kier molecular flexibility index (Phi) is 5.37. The number of pyridine rings is 1. The smallest absolute Gasteiger partial charge is 0.144 e. The highest BCUT2D eigenvalue weighted by molar-refractivity contribution is 5.56. The maximum absolute atomic E-state index is 9.46. The summed E-state index contributed by atoms with van der Waals surface area (Å²) in [6, 6.07) is 5.40. The highest BCUT2D eigenvalue weighted by atomic mass is 15.2. The van der Waals surface area contributed by atoms with Crippen molar-refractivity contribution in [3.8, 4) is 6.07 Å². The maximum Gasteiger partial charge on any atom is 0.144 e. The number of aromatic nitrogens is 1. The first kappa shape index (κ1) is 17.2. The van der Waals surface area contributed by atoms with Gasteiger partial charge in [-0.1, -0.05) is 0 Å². The lowest BCUT2D eigenvalue weighted by Gasteiger charge is -2.42. The van der Waals surface area contributed by atoms with Gasteiger partial charge in [-0.05, 0) is 77.8 Å². The summed E-state index contributed by atoms with van der Waals surface area (Å²) in [5.41, 5.74) is 2.67. The van der Waals surface area contributed by atoms with Gasteiger partial charge >= 0.3 is 0 Å². The van der Waals surface area contributed by atoms with Gasteiger partial charge in [0.1, 0.15) is 11.9 Å². The van der Waals surface area contributed by atoms with Crippen LogP contribution in [0.15, 0.2) is 6.07 Å². The topological polar surface area (TPSA) is 55.2 Å². The van der Waals surface area contributed by atoms with Crippen molar-refractivity contribution in [1.29, 1.82) is 5.26 Å². The van der Waals surface area contributed by atoms with Crippen LogP contribution in [-0.4, -0.2) is 60.1 Å². The Morgan fingerprint density at radius 1 is 1.21 bits per heavy atom. The van der Waals surface area contributed by atoms with E-state index in [0.29, 0.717) is 17.6 Å². The molecule has 3 rings (SSSR count). The maximum atomic E-state index is 9.46. The van der Waals surface area contributed by atoms with Gasteiger partial charge in [-0.15, -0.1) is 0 Å². The molecule has 1 unspecified atom stereocenters. The molecule has 2 saturated heterocycles. The average Bonchev–Trinajstić information content (AvgIpc) is 2.55. The van der Waals surface area contributed by atoms with Crippen molar-refractivity contribution in [2.45, 2.75) is 51.6 Å². The molecular formula is C19H29N5. The number of rotatable bonds is 3. The molecule has 130 valence electrons. The minimum absolute atomic E-state index is 0.388. The molecular weight excluding hydrogens is 298 g/mol. The van der Waals surface area contributed by atoms with E-state index in [0.717, 1.165) is 30.0 Å². The monoisotopic (exact) mass is 327 g/mol. The number of nitrogens with zero attached hydrogens (tertiary/aromatic N) is 4. The fourth-order valence-electron chi connectivity index (χ4n) is 4.09. The number of hydrogen-bond acceptors (Lipinski definition) is 5. The van der Waals surface area contributed by atoms with Gasteiger partial charge in [0, 0.05) is 24.3 Å². The van der Waals surface area contributed by atoms with Crippen LogP contribution in [0.3, 0.4) is 0 Å². The van der Waals surface area contributed by atoms with Gasteiger partial charge < -0.3 is 10.2 Å². The lowest BCUT2D eigenvalue weighted by atomic mass is 9.98. The zero-order valence-corrected chi connectivity index (χ0v) is 15.2. The van der Waals surface area contributed by atoms with Gasteiger partial charge in [-0.2, -0.15) is 5.26 Å². The predicted octanol–water partition coefficient (Wildman–Crippen LogP) is 2.54. The van der Waals surface area contributed by atoms with E-state index in [1.54, 1.807) is 0 Å². The Morgan fingerprint density at radius 2 is 1.96 bits per heavy atom. The average molecular weight is 327 g/mol. The van der Waals surface area contributed by atoms with E-state index >= 15 is 0 Å². The first-order valence-electron chi connectivity index (χ1n) is 9.14. The number of anilines is 1. The zero-order chi connectivity index (χ0) is 17.1. The normalized spacial score (nSPS) is 23.8. The summed E-state index contributed by atoms with van der Waals surface area (Å²) in [7, 11) is 2.21. The van der Waals surface area contributed by atoms with Crippen LogP contribution in [0.5, 0.6) is 0 Å². The largest absolute Gasteiger partial charge is 0.365 e. The van der Waals surface area contributed by atoms with Crippen LogP contribution in [0, 0.1) is 25.2 Å². The second-order valence-corrected chi connectivity index (χ2v) is 7.43. The Morgan fingerprint density at radius 3 is 2.67 bits per heavy atom. The number of piperidine rings is 2. The molecule has 3 heterocycles. The minimum Gasteiger partial charge on any atom is -0.365 e. The van der Waals surface area contributed by atoms with E-state index in [2.05, 4.69) is 33.2 Å². The second kappa shape index (κ2) is 7.50. The molecule has 1 N–H and O–H groups in total. The molecule has 0 amide bonds. The highest BCUT2D eigenvalue weighted by Gasteiger charge is 2.28. The van der Waals surface area contributed by atoms with E-state index in [4.69, 9.17) is 0 Å². The van der Waals surface area contributed by atoms with Gasteiger partial charge in [0.15, 0.2) is 0 Å². The summed E-state index contributed by atoms with van der Waals surface area (Å²) in [5.74, 6) is 0.769. The van der Waals surface area contributed by atoms with Crippen molar-refractivity contribution in [1.82, 2.24) is 14.8 Å². The highest BCUT2D eigenvalue weighted by Crippen LogP contribution is 2.24. The van der Waals surface area contributed by atoms with Crippen molar-refractivity contribution in [2.24, 2.45) is 0 Å². The van der Waals surface area contributed by atoms with Crippen molar-refractivity contribution in [2.75, 3.05) is 38.5 Å². The molecule has 5 nitrogen and oxygen atoms in total. The van der Waals surface area contributed by atoms with Gasteiger partial charge in [0.2, 0.25) is 0 Å². The second-order valence-electron chi connectivity index (χ2n) is 7.43. The van der Waals surface area contributed by atoms with Crippen LogP contribution in [0.2, 0.25) is 0 Å². The molecule has 0 spiro atoms. The number of nitriles is 1. The molecule has 5 heteroatoms. The first-order chi connectivity index (χ1) is 11.6. The van der Waals surface area contributed by atoms with Crippen molar-refractivity contribution < 1.29 is 0 Å². The molecule has 0 bridgehead atoms. The van der Waals surface area contributed by atoms with Crippen LogP contribution in [0.25, 0.3) is 0 Å². The molecule has 0 aromatic carbocycles. The Balaban J connectivity index is 1.67. The molecule has 0 saturated carbocycles. The minimum atomic E-state index is 0.388. The molecule has 0 radical (unpaired) electrons. The summed E-state index contributed by atoms with van der Waals surface area (Å²) in [6.07, 6.45) is 4.92. The molecule has 1 aromatic rings. The van der Waals surface area contributed by atoms with Crippen LogP contribution < -0.4 is 5.32 Å². The lowest BCUT2D eigenvalue weighted by Crippen LogP contribution is -2.50. The van der Waals surface area contributed by atoms with E-state index in [1.165, 1.54) is 38.9 Å². The number of nitrogens with one attached hydrogen (secondary N) is 1. The number of hydrogen-bond donors (Lipinski definition) is 1. The van der Waals surface area contributed by atoms with Crippen LogP contribution in [-0.2, 0) is 0 Å². The summed E-state index contributed by atoms with van der Waals surface area (Å²) < 4.78 is 0. The standard InChI is InChI=1S/C19H29N5/c1-14-11-15(2)21-19(18(14)12-20)22-16-5-4-8-24(13-16)17-6-9-23(3)10-7-17/h11,16-17H,4-10,13H2,1-3H3,(H,21,22). The predicted molar refractivity (Wildman–Crippen MR) is 97.2 cm³/mol. The molecule has 1 aromatic heterocycles. The number of likely N-dealkylation sites (tertiary alicyclic amines) is 2. The fourth-order valence-corrected chi connectivity index (χ4v) is 4.09. The third-order valence-electron chi connectivity index (χ3n) is 5.45. The summed E-state index contributed by atoms with van der Waals surface area (Å²) in [4.78, 5) is 9.67. The van der Waals surface area contributed by atoms with E-state index < -0.39 is 0 Å². The van der Waals surface area contributed by atoms with E-state index in [-0.39, 0.29) is 0 Å². The fraction of sp³-hybridized carbons (Fsp3) is 0.684. The van der Waals surface area contributed by atoms with Gasteiger partial charge in [-0.3, -0.25) is 4.90 Å². The molecule has 1 atom stereocenters. The quantitative estimate of drug-likeness (QED) is 0.924. The zero-order valence-electron chi connectivity index (χ0n) is 15.2. The lowest BCUT2D eigenvalue weighted by molar-refractivity contribution is 0.0978. The number of aryl methyl sites for hydroxylation is 2. The van der Waals surface area contributed by atoms with Crippen LogP contribution >= 0.6 is 0 Å². The Bertz CT molecular complexity index is 613. The molecule has 2 fully saturated rings. The SMILES string of the molecule is Cc1cc(C)c(C#N)c(NC2CCCN(C3CCN(C)CC3)C2)n1. The summed E-state index contributed by atoms with van der Waals surface area (Å²) >= 11 is 0. The molecule has 2 aliphatic rings. The van der Waals surface area contributed by atoms with Crippen LogP contribution in [0.4, 0.5) is 5.82 Å². The van der Waals surface area contributed by atoms with Gasteiger partial charge in [-0.25, -0.2) is 4.98 Å². The first-order valence-corrected chi connectivity index (χ1v) is 9.14. The molecule has 0 aliphatic carbocycles. The van der Waals surface area contributed by atoms with E-state index in [9.17, 15) is 5.26 Å². The molecule has 2 aliphatic heterocycles. The molecule has 24 heavy (non-hydrogen) atoms. The van der Waals surface area contributed by atoms with Gasteiger partial charge in [0.25, 0.3) is 0 Å². The Labute approximate surface area is 145 Å². The summed E-state index contributed by atoms with van der Waals surface area (Å²) in [5, 5.41) is 13.0. The van der Waals surface area contributed by atoms with Crippen molar-refractivity contribution in [3.63, 3.8) is 0 Å². The van der Waals surface area contributed by atoms with Crippen molar-refractivity contribution in [3.05, 3.63) is 22.9 Å².